The van der Waals surface area contributed by atoms with Gasteiger partial charge in [-0.1, -0.05) is 17.7 Å². The average molecular weight is 424 g/mol. The van der Waals surface area contributed by atoms with Crippen molar-refractivity contribution in [3.8, 4) is 0 Å². The molecule has 4 nitrogen and oxygen atoms in total. The van der Waals surface area contributed by atoms with E-state index in [0.717, 1.165) is 73.7 Å². The first-order valence-electron chi connectivity index (χ1n) is 9.26. The van der Waals surface area contributed by atoms with Gasteiger partial charge in [0.1, 0.15) is 0 Å². The Morgan fingerprint density at radius 2 is 2.15 bits per heavy atom. The van der Waals surface area contributed by atoms with Gasteiger partial charge in [0.05, 0.1) is 19.8 Å². The molecule has 3 rings (SSSR count). The summed E-state index contributed by atoms with van der Waals surface area (Å²) in [5.41, 5.74) is 2.02. The van der Waals surface area contributed by atoms with Gasteiger partial charge >= 0.3 is 0 Å². The first-order valence-corrected chi connectivity index (χ1v) is 10.9. The number of thiophene rings is 1. The number of ether oxygens (including phenoxy) is 1. The lowest BCUT2D eigenvalue weighted by Gasteiger charge is -2.29. The molecule has 0 atom stereocenters. The van der Waals surface area contributed by atoms with Crippen molar-refractivity contribution in [2.75, 3.05) is 44.7 Å². The highest BCUT2D eigenvalue weighted by Crippen LogP contribution is 2.20. The second-order valence-corrected chi connectivity index (χ2v) is 8.53. The van der Waals surface area contributed by atoms with Crippen LogP contribution in [0.2, 0.25) is 5.02 Å². The summed E-state index contributed by atoms with van der Waals surface area (Å²) in [6.45, 7) is 8.57. The summed E-state index contributed by atoms with van der Waals surface area (Å²) in [6.07, 6.45) is 1.08. The molecular weight excluding hydrogens is 398 g/mol. The van der Waals surface area contributed by atoms with Crippen LogP contribution in [-0.2, 0) is 11.3 Å². The zero-order chi connectivity index (χ0) is 19.1. The van der Waals surface area contributed by atoms with Crippen LogP contribution >= 0.6 is 35.2 Å². The molecule has 1 aliphatic heterocycles. The summed E-state index contributed by atoms with van der Waals surface area (Å²) < 4.78 is 5.43. The van der Waals surface area contributed by atoms with E-state index in [1.165, 1.54) is 4.88 Å². The van der Waals surface area contributed by atoms with Gasteiger partial charge in [-0.25, -0.2) is 0 Å². The molecule has 146 valence electrons. The maximum atomic E-state index is 6.13. The highest BCUT2D eigenvalue weighted by molar-refractivity contribution is 7.80. The monoisotopic (exact) mass is 423 g/mol. The molecule has 1 fully saturated rings. The molecule has 1 aromatic carbocycles. The molecule has 0 radical (unpaired) electrons. The number of aryl methyl sites for hydroxylation is 1. The normalized spacial score (nSPS) is 14.9. The fourth-order valence-electron chi connectivity index (χ4n) is 3.08. The van der Waals surface area contributed by atoms with Crippen LogP contribution in [0.3, 0.4) is 0 Å². The molecule has 1 aromatic heterocycles. The second kappa shape index (κ2) is 10.4. The van der Waals surface area contributed by atoms with E-state index in [2.05, 4.69) is 32.6 Å². The minimum atomic E-state index is 0.757. The lowest BCUT2D eigenvalue weighted by atomic mass is 10.2. The molecule has 2 heterocycles. The van der Waals surface area contributed by atoms with Crippen molar-refractivity contribution in [2.45, 2.75) is 19.9 Å². The van der Waals surface area contributed by atoms with E-state index in [4.69, 9.17) is 28.6 Å². The molecule has 0 spiro atoms. The number of hydrogen-bond donors (Lipinski definition) is 1. The predicted molar refractivity (Wildman–Crippen MR) is 119 cm³/mol. The summed E-state index contributed by atoms with van der Waals surface area (Å²) in [7, 11) is 0. The van der Waals surface area contributed by atoms with Crippen LogP contribution in [0.25, 0.3) is 0 Å². The van der Waals surface area contributed by atoms with E-state index in [-0.39, 0.29) is 0 Å². The van der Waals surface area contributed by atoms with Gasteiger partial charge < -0.3 is 15.0 Å². The van der Waals surface area contributed by atoms with Gasteiger partial charge in [-0.05, 0) is 60.8 Å². The van der Waals surface area contributed by atoms with Gasteiger partial charge in [0.15, 0.2) is 5.11 Å². The van der Waals surface area contributed by atoms with Crippen molar-refractivity contribution >= 4 is 46.0 Å². The second-order valence-electron chi connectivity index (χ2n) is 6.70. The summed E-state index contributed by atoms with van der Waals surface area (Å²) in [6, 6.07) is 10.2. The lowest BCUT2D eigenvalue weighted by molar-refractivity contribution is 0.0368. The fourth-order valence-corrected chi connectivity index (χ4v) is 4.19. The molecule has 0 bridgehead atoms. The summed E-state index contributed by atoms with van der Waals surface area (Å²) in [4.78, 5) is 6.04. The van der Waals surface area contributed by atoms with Crippen molar-refractivity contribution in [2.24, 2.45) is 0 Å². The number of thiocarbonyl (C=S) groups is 1. The zero-order valence-electron chi connectivity index (χ0n) is 15.6. The van der Waals surface area contributed by atoms with Crippen LogP contribution in [0.4, 0.5) is 5.69 Å². The molecule has 1 N–H and O–H groups in total. The predicted octanol–water partition coefficient (Wildman–Crippen LogP) is 4.63. The Kier molecular flexibility index (Phi) is 7.91. The van der Waals surface area contributed by atoms with E-state index in [1.807, 2.05) is 25.1 Å². The van der Waals surface area contributed by atoms with E-state index < -0.39 is 0 Å². The van der Waals surface area contributed by atoms with Crippen LogP contribution in [0, 0.1) is 6.92 Å². The fraction of sp³-hybridized carbons (Fsp3) is 0.450. The Morgan fingerprint density at radius 1 is 1.33 bits per heavy atom. The van der Waals surface area contributed by atoms with Crippen molar-refractivity contribution < 1.29 is 4.74 Å². The Morgan fingerprint density at radius 3 is 2.85 bits per heavy atom. The van der Waals surface area contributed by atoms with Crippen LogP contribution in [-0.4, -0.2) is 54.3 Å². The van der Waals surface area contributed by atoms with Crippen LogP contribution < -0.4 is 5.32 Å². The summed E-state index contributed by atoms with van der Waals surface area (Å²) >= 11 is 13.6. The number of rotatable bonds is 7. The van der Waals surface area contributed by atoms with Crippen molar-refractivity contribution in [1.29, 1.82) is 0 Å². The van der Waals surface area contributed by atoms with Gasteiger partial charge in [0, 0.05) is 41.8 Å². The van der Waals surface area contributed by atoms with Gasteiger partial charge in [0.2, 0.25) is 0 Å². The molecule has 27 heavy (non-hydrogen) atoms. The van der Waals surface area contributed by atoms with Crippen molar-refractivity contribution in [3.05, 3.63) is 51.2 Å². The highest BCUT2D eigenvalue weighted by atomic mass is 35.5. The molecule has 1 aliphatic rings. The molecule has 0 saturated carbocycles. The number of nitrogens with one attached hydrogen (secondary N) is 1. The maximum Gasteiger partial charge on any atom is 0.173 e. The smallest absolute Gasteiger partial charge is 0.173 e. The lowest BCUT2D eigenvalue weighted by Crippen LogP contribution is -2.39. The Bertz CT molecular complexity index is 733. The number of benzene rings is 1. The highest BCUT2D eigenvalue weighted by Gasteiger charge is 2.14. The molecule has 1 saturated heterocycles. The van der Waals surface area contributed by atoms with Gasteiger partial charge in [-0.2, -0.15) is 0 Å². The van der Waals surface area contributed by atoms with Gasteiger partial charge in [-0.15, -0.1) is 11.3 Å². The summed E-state index contributed by atoms with van der Waals surface area (Å²) in [5.74, 6) is 0. The van der Waals surface area contributed by atoms with Gasteiger partial charge in [-0.3, -0.25) is 4.90 Å². The Labute approximate surface area is 176 Å². The van der Waals surface area contributed by atoms with E-state index in [9.17, 15) is 0 Å². The first kappa shape index (κ1) is 20.6. The van der Waals surface area contributed by atoms with Crippen LogP contribution in [0.1, 0.15) is 16.9 Å². The molecule has 0 aliphatic carbocycles. The van der Waals surface area contributed by atoms with Crippen molar-refractivity contribution in [1.82, 2.24) is 9.80 Å². The molecular formula is C20H26ClN3OS2. The SMILES string of the molecule is Cc1cc(NC(=S)N(CCCN2CCOCC2)Cc2cccs2)ccc1Cl. The number of halogens is 1. The maximum absolute atomic E-state index is 6.13. The Hall–Kier alpha value is -1.18. The quantitative estimate of drug-likeness (QED) is 0.655. The number of morpholine rings is 1. The molecule has 7 heteroatoms. The minimum Gasteiger partial charge on any atom is -0.379 e. The third kappa shape index (κ3) is 6.43. The van der Waals surface area contributed by atoms with E-state index in [1.54, 1.807) is 11.3 Å². The molecule has 0 unspecified atom stereocenters. The number of hydrogen-bond acceptors (Lipinski definition) is 4. The number of nitrogens with zero attached hydrogens (tertiary/aromatic N) is 2. The molecule has 0 amide bonds. The van der Waals surface area contributed by atoms with E-state index >= 15 is 0 Å². The summed E-state index contributed by atoms with van der Waals surface area (Å²) in [5, 5.41) is 7.02. The zero-order valence-corrected chi connectivity index (χ0v) is 18.0. The van der Waals surface area contributed by atoms with Gasteiger partial charge in [0.25, 0.3) is 0 Å². The Balaban J connectivity index is 1.59. The molecule has 2 aromatic rings. The third-order valence-electron chi connectivity index (χ3n) is 4.63. The third-order valence-corrected chi connectivity index (χ3v) is 6.27. The van der Waals surface area contributed by atoms with E-state index in [0.29, 0.717) is 0 Å². The first-order chi connectivity index (χ1) is 13.1. The standard InChI is InChI=1S/C20H26ClN3OS2/c1-16-14-17(5-6-19(16)21)22-20(26)24(15-18-4-2-13-27-18)8-3-7-23-9-11-25-12-10-23/h2,4-6,13-14H,3,7-12,15H2,1H3,(H,22,26). The van der Waals surface area contributed by atoms with Crippen molar-refractivity contribution in [3.63, 3.8) is 0 Å². The topological polar surface area (TPSA) is 27.7 Å². The average Bonchev–Trinajstić information content (AvgIpc) is 3.18. The van der Waals surface area contributed by atoms with Crippen LogP contribution in [0.15, 0.2) is 35.7 Å². The van der Waals surface area contributed by atoms with Crippen LogP contribution in [0.5, 0.6) is 0 Å². The minimum absolute atomic E-state index is 0.757. The largest absolute Gasteiger partial charge is 0.379 e. The number of anilines is 1.